The van der Waals surface area contributed by atoms with Crippen LogP contribution in [0.15, 0.2) is 24.3 Å². The number of nitrogens with one attached hydrogen (secondary N) is 1. The van der Waals surface area contributed by atoms with Crippen LogP contribution in [-0.4, -0.2) is 18.8 Å². The quantitative estimate of drug-likeness (QED) is 0.819. The van der Waals surface area contributed by atoms with Crippen LogP contribution in [0.2, 0.25) is 0 Å². The molecular weight excluding hydrogens is 210 g/mol. The molecule has 1 aromatic carbocycles. The number of aliphatic hydroxyl groups excluding tert-OH is 1. The molecule has 1 atom stereocenters. The monoisotopic (exact) mass is 233 g/mol. The van der Waals surface area contributed by atoms with Crippen LogP contribution in [0.1, 0.15) is 43.4 Å². The van der Waals surface area contributed by atoms with Crippen molar-refractivity contribution in [3.8, 4) is 0 Å². The fourth-order valence-corrected chi connectivity index (χ4v) is 2.94. The van der Waals surface area contributed by atoms with Crippen molar-refractivity contribution < 1.29 is 5.11 Å². The van der Waals surface area contributed by atoms with E-state index in [1.165, 1.54) is 17.5 Å². The minimum atomic E-state index is 0.0719. The van der Waals surface area contributed by atoms with E-state index in [0.29, 0.717) is 0 Å². The van der Waals surface area contributed by atoms with Crippen LogP contribution in [0, 0.1) is 5.41 Å². The molecule has 0 aliphatic heterocycles. The van der Waals surface area contributed by atoms with Crippen molar-refractivity contribution in [3.05, 3.63) is 35.4 Å². The Balaban J connectivity index is 2.22. The van der Waals surface area contributed by atoms with E-state index in [9.17, 15) is 5.11 Å². The summed E-state index contributed by atoms with van der Waals surface area (Å²) in [5, 5.41) is 13.0. The average molecular weight is 233 g/mol. The van der Waals surface area contributed by atoms with Gasteiger partial charge in [0.15, 0.2) is 0 Å². The lowest BCUT2D eigenvalue weighted by atomic mass is 9.63. The van der Waals surface area contributed by atoms with Gasteiger partial charge in [0.25, 0.3) is 0 Å². The van der Waals surface area contributed by atoms with E-state index in [0.717, 1.165) is 19.3 Å². The van der Waals surface area contributed by atoms with Crippen molar-refractivity contribution in [1.82, 2.24) is 5.32 Å². The molecule has 1 aliphatic rings. The third-order valence-electron chi connectivity index (χ3n) is 4.29. The van der Waals surface area contributed by atoms with E-state index < -0.39 is 0 Å². The molecule has 1 fully saturated rings. The van der Waals surface area contributed by atoms with Crippen LogP contribution in [0.25, 0.3) is 0 Å². The Bertz CT molecular complexity index is 348. The molecule has 0 spiro atoms. The summed E-state index contributed by atoms with van der Waals surface area (Å²) in [6.07, 6.45) is 4.58. The Morgan fingerprint density at radius 1 is 1.29 bits per heavy atom. The Kier molecular flexibility index (Phi) is 3.85. The van der Waals surface area contributed by atoms with Crippen molar-refractivity contribution >= 4 is 0 Å². The van der Waals surface area contributed by atoms with Crippen LogP contribution < -0.4 is 5.32 Å². The zero-order valence-electron chi connectivity index (χ0n) is 10.9. The molecule has 94 valence electrons. The van der Waals surface area contributed by atoms with E-state index >= 15 is 0 Å². The van der Waals surface area contributed by atoms with Gasteiger partial charge >= 0.3 is 0 Å². The summed E-state index contributed by atoms with van der Waals surface area (Å²) >= 11 is 0. The van der Waals surface area contributed by atoms with Crippen LogP contribution in [-0.2, 0) is 6.42 Å². The Morgan fingerprint density at radius 2 is 1.94 bits per heavy atom. The second kappa shape index (κ2) is 5.19. The molecule has 0 radical (unpaired) electrons. The summed E-state index contributed by atoms with van der Waals surface area (Å²) in [5.74, 6) is 0. The van der Waals surface area contributed by atoms with E-state index in [1.54, 1.807) is 0 Å². The van der Waals surface area contributed by atoms with Gasteiger partial charge in [-0.1, -0.05) is 37.6 Å². The molecule has 1 aliphatic carbocycles. The highest BCUT2D eigenvalue weighted by atomic mass is 16.3. The molecule has 2 N–H and O–H groups in total. The maximum Gasteiger partial charge on any atom is 0.0505 e. The molecule has 0 bridgehead atoms. The number of rotatable bonds is 5. The second-order valence-corrected chi connectivity index (χ2v) is 5.19. The highest BCUT2D eigenvalue weighted by Crippen LogP contribution is 2.49. The SMILES string of the molecule is CCc1ccc(C(NC)C2(CO)CCC2)cc1. The van der Waals surface area contributed by atoms with E-state index in [4.69, 9.17) is 0 Å². The second-order valence-electron chi connectivity index (χ2n) is 5.19. The van der Waals surface area contributed by atoms with Crippen molar-refractivity contribution in [2.45, 2.75) is 38.6 Å². The number of hydrogen-bond acceptors (Lipinski definition) is 2. The molecule has 0 saturated heterocycles. The average Bonchev–Trinajstić information content (AvgIpc) is 2.34. The van der Waals surface area contributed by atoms with Gasteiger partial charge in [-0.2, -0.15) is 0 Å². The van der Waals surface area contributed by atoms with Gasteiger partial charge in [-0.25, -0.2) is 0 Å². The molecule has 1 saturated carbocycles. The van der Waals surface area contributed by atoms with Gasteiger partial charge in [0.2, 0.25) is 0 Å². The zero-order chi connectivity index (χ0) is 12.3. The van der Waals surface area contributed by atoms with Crippen molar-refractivity contribution in [2.24, 2.45) is 5.41 Å². The number of hydrogen-bond donors (Lipinski definition) is 2. The first kappa shape index (κ1) is 12.6. The molecule has 2 nitrogen and oxygen atoms in total. The molecular formula is C15H23NO. The normalized spacial score (nSPS) is 19.7. The lowest BCUT2D eigenvalue weighted by molar-refractivity contribution is 0.00783. The third-order valence-corrected chi connectivity index (χ3v) is 4.29. The summed E-state index contributed by atoms with van der Waals surface area (Å²) in [6.45, 7) is 2.46. The van der Waals surface area contributed by atoms with Crippen LogP contribution >= 0.6 is 0 Å². The standard InChI is InChI=1S/C15H23NO/c1-3-12-5-7-13(8-6-12)14(16-2)15(11-17)9-4-10-15/h5-8,14,16-17H,3-4,9-11H2,1-2H3. The van der Waals surface area contributed by atoms with E-state index in [2.05, 4.69) is 36.5 Å². The Hall–Kier alpha value is -0.860. The number of aryl methyl sites for hydroxylation is 1. The topological polar surface area (TPSA) is 32.3 Å². The fraction of sp³-hybridized carbons (Fsp3) is 0.600. The smallest absolute Gasteiger partial charge is 0.0505 e. The van der Waals surface area contributed by atoms with Gasteiger partial charge in [0, 0.05) is 11.5 Å². The molecule has 1 aromatic rings. The largest absolute Gasteiger partial charge is 0.396 e. The van der Waals surface area contributed by atoms with Crippen LogP contribution in [0.5, 0.6) is 0 Å². The molecule has 2 rings (SSSR count). The maximum absolute atomic E-state index is 9.66. The summed E-state index contributed by atoms with van der Waals surface area (Å²) in [4.78, 5) is 0. The molecule has 1 unspecified atom stereocenters. The van der Waals surface area contributed by atoms with Crippen LogP contribution in [0.4, 0.5) is 0 Å². The molecule has 0 amide bonds. The minimum absolute atomic E-state index is 0.0719. The van der Waals surface area contributed by atoms with Gasteiger partial charge in [0.1, 0.15) is 0 Å². The van der Waals surface area contributed by atoms with E-state index in [1.807, 2.05) is 7.05 Å². The first-order valence-corrected chi connectivity index (χ1v) is 6.62. The van der Waals surface area contributed by atoms with Crippen LogP contribution in [0.3, 0.4) is 0 Å². The highest BCUT2D eigenvalue weighted by molar-refractivity contribution is 5.27. The predicted molar refractivity (Wildman–Crippen MR) is 71.0 cm³/mol. The summed E-state index contributed by atoms with van der Waals surface area (Å²) in [7, 11) is 1.99. The zero-order valence-corrected chi connectivity index (χ0v) is 10.9. The lowest BCUT2D eigenvalue weighted by Crippen LogP contribution is -2.44. The van der Waals surface area contributed by atoms with Crippen molar-refractivity contribution in [1.29, 1.82) is 0 Å². The van der Waals surface area contributed by atoms with Gasteiger partial charge in [-0.15, -0.1) is 0 Å². The van der Waals surface area contributed by atoms with Gasteiger partial charge in [-0.3, -0.25) is 0 Å². The highest BCUT2D eigenvalue weighted by Gasteiger charge is 2.43. The number of benzene rings is 1. The van der Waals surface area contributed by atoms with Crippen molar-refractivity contribution in [3.63, 3.8) is 0 Å². The van der Waals surface area contributed by atoms with Gasteiger partial charge in [-0.05, 0) is 37.4 Å². The maximum atomic E-state index is 9.66. The summed E-state index contributed by atoms with van der Waals surface area (Å²) < 4.78 is 0. The first-order chi connectivity index (χ1) is 8.25. The summed E-state index contributed by atoms with van der Waals surface area (Å²) in [6, 6.07) is 9.09. The minimum Gasteiger partial charge on any atom is -0.396 e. The third kappa shape index (κ3) is 2.24. The Labute approximate surface area is 104 Å². The molecule has 0 heterocycles. The first-order valence-electron chi connectivity index (χ1n) is 6.62. The summed E-state index contributed by atoms with van der Waals surface area (Å²) in [5.41, 5.74) is 2.75. The van der Waals surface area contributed by atoms with Crippen molar-refractivity contribution in [2.75, 3.05) is 13.7 Å². The van der Waals surface area contributed by atoms with Gasteiger partial charge < -0.3 is 10.4 Å². The molecule has 17 heavy (non-hydrogen) atoms. The van der Waals surface area contributed by atoms with Gasteiger partial charge in [0.05, 0.1) is 6.61 Å². The predicted octanol–water partition coefficient (Wildman–Crippen LogP) is 2.67. The Morgan fingerprint density at radius 3 is 2.29 bits per heavy atom. The van der Waals surface area contributed by atoms with E-state index in [-0.39, 0.29) is 18.1 Å². The molecule has 0 aromatic heterocycles. The molecule has 2 heteroatoms. The fourth-order valence-electron chi connectivity index (χ4n) is 2.94. The lowest BCUT2D eigenvalue weighted by Gasteiger charge is -2.46. The number of aliphatic hydroxyl groups is 1.